The Morgan fingerprint density at radius 2 is 0.600 bits per heavy atom. The molecular weight excluding hydrogens is 331 g/mol. The predicted octanol–water partition coefficient (Wildman–Crippen LogP) is 4.31. The summed E-state index contributed by atoms with van der Waals surface area (Å²) in [6.07, 6.45) is -4.98. The molecule has 1 fully saturated rings. The zero-order chi connectivity index (χ0) is 16.6. The summed E-state index contributed by atoms with van der Waals surface area (Å²) in [5, 5.41) is 0. The fraction of sp³-hybridized carbons (Fsp3) is 0.857. The van der Waals surface area contributed by atoms with Crippen molar-refractivity contribution in [3.8, 4) is 0 Å². The summed E-state index contributed by atoms with van der Waals surface area (Å²) in [6, 6.07) is 0. The molecule has 1 aliphatic rings. The van der Waals surface area contributed by atoms with E-state index in [1.54, 1.807) is 0 Å². The topological polar surface area (TPSA) is 0 Å². The molecule has 1 radical (unpaired) electrons. The van der Waals surface area contributed by atoms with Crippen molar-refractivity contribution in [3.05, 3.63) is 6.17 Å². The van der Waals surface area contributed by atoms with Crippen LogP contribution in [0.15, 0.2) is 0 Å². The van der Waals surface area contributed by atoms with Crippen LogP contribution < -0.4 is 0 Å². The van der Waals surface area contributed by atoms with E-state index in [-0.39, 0.29) is 0 Å². The summed E-state index contributed by atoms with van der Waals surface area (Å²) >= 11 is 0. The van der Waals surface area contributed by atoms with Crippen molar-refractivity contribution in [1.82, 2.24) is 0 Å². The molecule has 0 spiro atoms. The van der Waals surface area contributed by atoms with Gasteiger partial charge in [-0.05, 0) is 0 Å². The standard InChI is InChI=1S/C7F13/c8-1-2(9,10)4(13,14)6(17,18)7(19,20)5(15,16)3(1,11)12. The molecule has 0 aromatic rings. The summed E-state index contributed by atoms with van der Waals surface area (Å²) in [5.74, 6) is -44.8. The Balaban J connectivity index is 3.83. The van der Waals surface area contributed by atoms with Crippen LogP contribution in [0.25, 0.3) is 0 Å². The molecule has 1 saturated carbocycles. The minimum atomic E-state index is -7.65. The minimum Gasteiger partial charge on any atom is -0.226 e. The Hall–Kier alpha value is -0.910. The van der Waals surface area contributed by atoms with E-state index < -0.39 is 41.7 Å². The first-order chi connectivity index (χ1) is 8.40. The lowest BCUT2D eigenvalue weighted by Gasteiger charge is -2.35. The van der Waals surface area contributed by atoms with Crippen molar-refractivity contribution >= 4 is 0 Å². The van der Waals surface area contributed by atoms with Gasteiger partial charge in [-0.2, -0.15) is 52.7 Å². The molecule has 20 heavy (non-hydrogen) atoms. The van der Waals surface area contributed by atoms with Crippen LogP contribution in [-0.2, 0) is 0 Å². The summed E-state index contributed by atoms with van der Waals surface area (Å²) in [5.41, 5.74) is 0. The molecule has 119 valence electrons. The predicted molar refractivity (Wildman–Crippen MR) is 34.0 cm³/mol. The molecule has 0 aliphatic heterocycles. The molecule has 0 bridgehead atoms. The highest BCUT2D eigenvalue weighted by Crippen LogP contribution is 2.68. The van der Waals surface area contributed by atoms with E-state index in [4.69, 9.17) is 0 Å². The Labute approximate surface area is 100 Å². The van der Waals surface area contributed by atoms with Gasteiger partial charge in [0.05, 0.1) is 0 Å². The summed E-state index contributed by atoms with van der Waals surface area (Å²) in [4.78, 5) is 0. The van der Waals surface area contributed by atoms with Gasteiger partial charge in [0.2, 0.25) is 0 Å². The van der Waals surface area contributed by atoms with Crippen LogP contribution in [0.3, 0.4) is 0 Å². The van der Waals surface area contributed by atoms with E-state index >= 15 is 0 Å². The number of hydrogen-bond acceptors (Lipinski definition) is 0. The van der Waals surface area contributed by atoms with Crippen molar-refractivity contribution in [3.63, 3.8) is 0 Å². The van der Waals surface area contributed by atoms with Gasteiger partial charge < -0.3 is 0 Å². The summed E-state index contributed by atoms with van der Waals surface area (Å²) in [6.45, 7) is 0. The van der Waals surface area contributed by atoms with E-state index in [9.17, 15) is 57.1 Å². The molecule has 0 heterocycles. The molecule has 0 nitrogen and oxygen atoms in total. The molecule has 0 aromatic heterocycles. The molecule has 0 unspecified atom stereocenters. The van der Waals surface area contributed by atoms with Crippen LogP contribution >= 0.6 is 0 Å². The molecule has 0 N–H and O–H groups in total. The lowest BCUT2D eigenvalue weighted by atomic mass is 9.99. The van der Waals surface area contributed by atoms with Crippen molar-refractivity contribution in [2.24, 2.45) is 0 Å². The Bertz CT molecular complexity index is 369. The van der Waals surface area contributed by atoms with Crippen molar-refractivity contribution in [2.75, 3.05) is 0 Å². The first-order valence-electron chi connectivity index (χ1n) is 4.21. The Morgan fingerprint density at radius 1 is 0.400 bits per heavy atom. The smallest absolute Gasteiger partial charge is 0.226 e. The zero-order valence-electron chi connectivity index (χ0n) is 8.41. The van der Waals surface area contributed by atoms with E-state index in [0.717, 1.165) is 0 Å². The highest BCUT2D eigenvalue weighted by Gasteiger charge is 2.97. The monoisotopic (exact) mass is 331 g/mol. The van der Waals surface area contributed by atoms with Gasteiger partial charge in [-0.1, -0.05) is 0 Å². The Kier molecular flexibility index (Phi) is 3.12. The second-order valence-electron chi connectivity index (χ2n) is 3.76. The van der Waals surface area contributed by atoms with E-state index in [2.05, 4.69) is 0 Å². The van der Waals surface area contributed by atoms with Crippen LogP contribution in [0.1, 0.15) is 0 Å². The third kappa shape index (κ3) is 1.41. The highest BCUT2D eigenvalue weighted by atomic mass is 19.4. The summed E-state index contributed by atoms with van der Waals surface area (Å²) in [7, 11) is 0. The largest absolute Gasteiger partial charge is 0.384 e. The number of rotatable bonds is 0. The molecule has 0 amide bonds. The van der Waals surface area contributed by atoms with Crippen LogP contribution in [0.4, 0.5) is 57.1 Å². The van der Waals surface area contributed by atoms with Crippen LogP contribution in [0.5, 0.6) is 0 Å². The second-order valence-corrected chi connectivity index (χ2v) is 3.76. The Morgan fingerprint density at radius 3 is 0.800 bits per heavy atom. The zero-order valence-corrected chi connectivity index (χ0v) is 8.41. The van der Waals surface area contributed by atoms with E-state index in [0.29, 0.717) is 0 Å². The van der Waals surface area contributed by atoms with Crippen LogP contribution in [0, 0.1) is 6.17 Å². The van der Waals surface area contributed by atoms with Gasteiger partial charge in [0.1, 0.15) is 0 Å². The summed E-state index contributed by atoms with van der Waals surface area (Å²) < 4.78 is 163. The third-order valence-electron chi connectivity index (χ3n) is 2.52. The van der Waals surface area contributed by atoms with Crippen molar-refractivity contribution in [2.45, 2.75) is 35.5 Å². The van der Waals surface area contributed by atoms with Gasteiger partial charge in [-0.3, -0.25) is 0 Å². The first-order valence-corrected chi connectivity index (χ1v) is 4.21. The van der Waals surface area contributed by atoms with E-state index in [1.807, 2.05) is 0 Å². The number of halogens is 13. The SMILES string of the molecule is F[C]1C(F)(F)C(F)(F)C(F)(F)C(F)(F)C(F)(F)C1(F)F. The molecule has 1 rings (SSSR count). The highest BCUT2D eigenvalue weighted by molar-refractivity contribution is 5.27. The number of alkyl halides is 12. The van der Waals surface area contributed by atoms with Crippen molar-refractivity contribution < 1.29 is 57.1 Å². The maximum atomic E-state index is 12.6. The molecule has 1 aliphatic carbocycles. The molecule has 0 aromatic carbocycles. The normalized spacial score (nSPS) is 33.5. The van der Waals surface area contributed by atoms with Gasteiger partial charge in [-0.25, -0.2) is 4.39 Å². The van der Waals surface area contributed by atoms with Gasteiger partial charge in [0.15, 0.2) is 0 Å². The van der Waals surface area contributed by atoms with Gasteiger partial charge in [-0.15, -0.1) is 0 Å². The second kappa shape index (κ2) is 3.64. The maximum Gasteiger partial charge on any atom is 0.384 e. The maximum absolute atomic E-state index is 12.6. The average molecular weight is 331 g/mol. The van der Waals surface area contributed by atoms with Crippen LogP contribution in [-0.4, -0.2) is 35.5 Å². The fourth-order valence-electron chi connectivity index (χ4n) is 1.26. The lowest BCUT2D eigenvalue weighted by Crippen LogP contribution is -2.66. The molecular formula is C7F13. The molecule has 0 saturated heterocycles. The average Bonchev–Trinajstić information content (AvgIpc) is 2.25. The molecule has 13 heteroatoms. The number of hydrogen-bond donors (Lipinski definition) is 0. The first kappa shape index (κ1) is 17.1. The fourth-order valence-corrected chi connectivity index (χ4v) is 1.26. The molecule has 0 atom stereocenters. The third-order valence-corrected chi connectivity index (χ3v) is 2.52. The van der Waals surface area contributed by atoms with Gasteiger partial charge in [0.25, 0.3) is 6.17 Å². The van der Waals surface area contributed by atoms with Gasteiger partial charge in [0, 0.05) is 0 Å². The van der Waals surface area contributed by atoms with Crippen molar-refractivity contribution in [1.29, 1.82) is 0 Å². The van der Waals surface area contributed by atoms with Crippen LogP contribution in [0.2, 0.25) is 0 Å². The lowest BCUT2D eigenvalue weighted by molar-refractivity contribution is -0.397. The minimum absolute atomic E-state index is 4.98. The quantitative estimate of drug-likeness (QED) is 0.458. The van der Waals surface area contributed by atoms with Gasteiger partial charge >= 0.3 is 35.5 Å². The van der Waals surface area contributed by atoms with E-state index in [1.165, 1.54) is 0 Å².